The quantitative estimate of drug-likeness (QED) is 0.365. The summed E-state index contributed by atoms with van der Waals surface area (Å²) >= 11 is 1.38. The van der Waals surface area contributed by atoms with Crippen LogP contribution in [-0.2, 0) is 11.2 Å². The van der Waals surface area contributed by atoms with Crippen molar-refractivity contribution in [1.29, 1.82) is 0 Å². The van der Waals surface area contributed by atoms with Gasteiger partial charge >= 0.3 is 0 Å². The summed E-state index contributed by atoms with van der Waals surface area (Å²) in [6, 6.07) is 7.33. The fourth-order valence-electron chi connectivity index (χ4n) is 3.93. The summed E-state index contributed by atoms with van der Waals surface area (Å²) in [5.41, 5.74) is 2.02. The normalized spacial score (nSPS) is 15.0. The first kappa shape index (κ1) is 22.3. The van der Waals surface area contributed by atoms with Gasteiger partial charge in [-0.05, 0) is 18.1 Å². The second-order valence-electron chi connectivity index (χ2n) is 8.09. The maximum absolute atomic E-state index is 13.0. The van der Waals surface area contributed by atoms with E-state index in [1.54, 1.807) is 6.20 Å². The number of amides is 2. The molecule has 2 amide bonds. The molecule has 1 aromatic carbocycles. The first-order valence-electron chi connectivity index (χ1n) is 11.3. The molecular weight excluding hydrogens is 424 g/mol. The summed E-state index contributed by atoms with van der Waals surface area (Å²) in [5.74, 6) is -0.416. The number of carbonyl (C=O) groups excluding carboxylic acids is 2. The van der Waals surface area contributed by atoms with E-state index in [-0.39, 0.29) is 11.8 Å². The summed E-state index contributed by atoms with van der Waals surface area (Å²) in [7, 11) is 0. The number of nitrogens with one attached hydrogen (secondary N) is 3. The highest BCUT2D eigenvalue weighted by atomic mass is 32.1. The lowest BCUT2D eigenvalue weighted by atomic mass is 10.0. The monoisotopic (exact) mass is 455 g/mol. The topological polar surface area (TPSA) is 107 Å². The molecule has 3 aromatic rings. The van der Waals surface area contributed by atoms with E-state index in [1.165, 1.54) is 11.3 Å². The standard InChI is InChI=1S/C23H30N6O2S/c1-2-3-8-25-21(30)19(13-16-14-26-18-7-5-4-6-17(16)18)28-22(31)20-15-27-23(32-20)29-11-9-24-10-12-29/h4-7,14-15,19,24,26H,2-3,8-13H2,1H3,(H,25,30)(H,28,31)/p+1. The van der Waals surface area contributed by atoms with Crippen molar-refractivity contribution in [2.45, 2.75) is 32.2 Å². The molecule has 1 fully saturated rings. The van der Waals surface area contributed by atoms with Gasteiger partial charge in [-0.15, -0.1) is 0 Å². The minimum atomic E-state index is -0.659. The first-order valence-corrected chi connectivity index (χ1v) is 12.1. The highest BCUT2D eigenvalue weighted by Crippen LogP contribution is 2.23. The van der Waals surface area contributed by atoms with Crippen LogP contribution in [0.3, 0.4) is 0 Å². The number of anilines is 1. The van der Waals surface area contributed by atoms with Gasteiger partial charge in [0.2, 0.25) is 5.91 Å². The third kappa shape index (κ3) is 5.28. The maximum Gasteiger partial charge on any atom is 0.263 e. The lowest BCUT2D eigenvalue weighted by molar-refractivity contribution is -0.655. The first-order chi connectivity index (χ1) is 15.7. The van der Waals surface area contributed by atoms with E-state index in [0.29, 0.717) is 17.8 Å². The average Bonchev–Trinajstić information content (AvgIpc) is 3.47. The second-order valence-corrected chi connectivity index (χ2v) is 9.10. The van der Waals surface area contributed by atoms with Crippen LogP contribution >= 0.6 is 11.3 Å². The van der Waals surface area contributed by atoms with Gasteiger partial charge in [0, 0.05) is 30.1 Å². The molecule has 1 aliphatic heterocycles. The largest absolute Gasteiger partial charge is 0.361 e. The van der Waals surface area contributed by atoms with Crippen LogP contribution in [0.15, 0.2) is 36.7 Å². The zero-order valence-corrected chi connectivity index (χ0v) is 19.2. The summed E-state index contributed by atoms with van der Waals surface area (Å²) in [5, 5.41) is 10.1. The zero-order valence-electron chi connectivity index (χ0n) is 18.4. The van der Waals surface area contributed by atoms with E-state index in [0.717, 1.165) is 60.6 Å². The van der Waals surface area contributed by atoms with Crippen molar-refractivity contribution in [3.05, 3.63) is 47.1 Å². The van der Waals surface area contributed by atoms with Crippen LogP contribution in [0.1, 0.15) is 35.0 Å². The highest BCUT2D eigenvalue weighted by Gasteiger charge is 2.25. The minimum Gasteiger partial charge on any atom is -0.361 e. The van der Waals surface area contributed by atoms with Gasteiger partial charge < -0.3 is 25.8 Å². The number of unbranched alkanes of at least 4 members (excludes halogenated alkanes) is 1. The molecule has 3 heterocycles. The molecule has 0 radical (unpaired) electrons. The van der Waals surface area contributed by atoms with Gasteiger partial charge in [0.15, 0.2) is 5.13 Å². The summed E-state index contributed by atoms with van der Waals surface area (Å²) in [6.07, 6.45) is 5.86. The Morgan fingerprint density at radius 3 is 2.91 bits per heavy atom. The van der Waals surface area contributed by atoms with E-state index in [9.17, 15) is 9.59 Å². The number of benzene rings is 1. The van der Waals surface area contributed by atoms with Crippen molar-refractivity contribution in [3.8, 4) is 0 Å². The number of hydrogen-bond acceptors (Lipinski definition) is 5. The van der Waals surface area contributed by atoms with E-state index in [1.807, 2.05) is 30.5 Å². The molecule has 170 valence electrons. The van der Waals surface area contributed by atoms with Gasteiger partial charge in [0.25, 0.3) is 5.91 Å². The predicted octanol–water partition coefficient (Wildman–Crippen LogP) is 1.27. The number of thiazole rings is 1. The third-order valence-electron chi connectivity index (χ3n) is 5.74. The Kier molecular flexibility index (Phi) is 7.39. The average molecular weight is 456 g/mol. The van der Waals surface area contributed by atoms with Crippen molar-refractivity contribution >= 4 is 39.2 Å². The number of hydrogen-bond donors (Lipinski definition) is 4. The lowest BCUT2D eigenvalue weighted by Gasteiger charge is -2.24. The van der Waals surface area contributed by atoms with E-state index >= 15 is 0 Å². The van der Waals surface area contributed by atoms with Crippen LogP contribution in [0.2, 0.25) is 0 Å². The minimum absolute atomic E-state index is 0.159. The number of rotatable bonds is 9. The van der Waals surface area contributed by atoms with Crippen molar-refractivity contribution in [1.82, 2.24) is 20.6 Å². The number of quaternary nitrogens is 1. The predicted molar refractivity (Wildman–Crippen MR) is 127 cm³/mol. The molecule has 0 saturated carbocycles. The zero-order chi connectivity index (χ0) is 22.3. The number of piperazine rings is 1. The van der Waals surface area contributed by atoms with Crippen LogP contribution in [0.5, 0.6) is 0 Å². The Labute approximate surface area is 191 Å². The van der Waals surface area contributed by atoms with Gasteiger partial charge in [0.05, 0.1) is 32.4 Å². The highest BCUT2D eigenvalue weighted by molar-refractivity contribution is 7.17. The molecule has 1 atom stereocenters. The Morgan fingerprint density at radius 2 is 2.09 bits per heavy atom. The molecular formula is C23H31N6O2S+. The molecule has 5 N–H and O–H groups in total. The molecule has 4 rings (SSSR count). The summed E-state index contributed by atoms with van der Waals surface area (Å²) in [6.45, 7) is 6.61. The van der Waals surface area contributed by atoms with Crippen molar-refractivity contribution in [2.24, 2.45) is 0 Å². The second kappa shape index (κ2) is 10.6. The Hall–Kier alpha value is -2.91. The molecule has 0 bridgehead atoms. The van der Waals surface area contributed by atoms with Crippen LogP contribution in [0, 0.1) is 0 Å². The Bertz CT molecular complexity index is 1060. The number of para-hydroxylation sites is 1. The van der Waals surface area contributed by atoms with Crippen molar-refractivity contribution < 1.29 is 14.9 Å². The van der Waals surface area contributed by atoms with Crippen LogP contribution < -0.4 is 20.9 Å². The Balaban J connectivity index is 1.48. The molecule has 32 heavy (non-hydrogen) atoms. The molecule has 0 spiro atoms. The molecule has 1 aliphatic rings. The molecule has 1 unspecified atom stereocenters. The van der Waals surface area contributed by atoms with Gasteiger partial charge in [-0.3, -0.25) is 9.59 Å². The van der Waals surface area contributed by atoms with E-state index in [2.05, 4.69) is 37.7 Å². The van der Waals surface area contributed by atoms with Crippen LogP contribution in [0.25, 0.3) is 10.9 Å². The fourth-order valence-corrected chi connectivity index (χ4v) is 4.80. The lowest BCUT2D eigenvalue weighted by Crippen LogP contribution is -2.89. The molecule has 9 heteroatoms. The van der Waals surface area contributed by atoms with Gasteiger partial charge in [-0.1, -0.05) is 42.9 Å². The van der Waals surface area contributed by atoms with E-state index in [4.69, 9.17) is 0 Å². The smallest absolute Gasteiger partial charge is 0.263 e. The van der Waals surface area contributed by atoms with Crippen molar-refractivity contribution in [3.63, 3.8) is 0 Å². The maximum atomic E-state index is 13.0. The van der Waals surface area contributed by atoms with Crippen LogP contribution in [0.4, 0.5) is 5.13 Å². The molecule has 2 aromatic heterocycles. The van der Waals surface area contributed by atoms with Gasteiger partial charge in [-0.2, -0.15) is 0 Å². The number of H-pyrrole nitrogens is 1. The summed E-state index contributed by atoms with van der Waals surface area (Å²) < 4.78 is 0. The number of nitrogens with zero attached hydrogens (tertiary/aromatic N) is 2. The van der Waals surface area contributed by atoms with Gasteiger partial charge in [0.1, 0.15) is 10.9 Å². The Morgan fingerprint density at radius 1 is 1.28 bits per heavy atom. The number of nitrogens with two attached hydrogens (primary N) is 1. The van der Waals surface area contributed by atoms with Gasteiger partial charge in [-0.25, -0.2) is 4.98 Å². The number of fused-ring (bicyclic) bond motifs is 1. The molecule has 8 nitrogen and oxygen atoms in total. The molecule has 0 aliphatic carbocycles. The SMILES string of the molecule is CCCCNC(=O)C(Cc1c[nH]c2ccccc12)NC(=O)c1cnc(N2CC[NH2+]CC2)s1. The number of aromatic nitrogens is 2. The number of aromatic amines is 1. The van der Waals surface area contributed by atoms with Crippen molar-refractivity contribution in [2.75, 3.05) is 37.6 Å². The fraction of sp³-hybridized carbons (Fsp3) is 0.435. The third-order valence-corrected chi connectivity index (χ3v) is 6.80. The van der Waals surface area contributed by atoms with E-state index < -0.39 is 6.04 Å². The van der Waals surface area contributed by atoms with Crippen LogP contribution in [-0.4, -0.2) is 60.5 Å². The molecule has 1 saturated heterocycles. The number of carbonyl (C=O) groups is 2. The summed E-state index contributed by atoms with van der Waals surface area (Å²) in [4.78, 5) is 36.4.